The first-order valence-electron chi connectivity index (χ1n) is 5.35. The molecule has 96 valence electrons. The molecule has 3 aromatic rings. The summed E-state index contributed by atoms with van der Waals surface area (Å²) in [5, 5.41) is 1.95. The number of fused-ring (bicyclic) bond motifs is 1. The first-order chi connectivity index (χ1) is 9.04. The minimum Gasteiger partial charge on any atom is -0.338 e. The topological polar surface area (TPSA) is 28.7 Å². The van der Waals surface area contributed by atoms with Gasteiger partial charge in [0.2, 0.25) is 0 Å². The van der Waals surface area contributed by atoms with Gasteiger partial charge in [-0.1, -0.05) is 46.4 Å². The van der Waals surface area contributed by atoms with E-state index in [0.717, 1.165) is 16.6 Å². The Morgan fingerprint density at radius 1 is 0.789 bits per heavy atom. The zero-order valence-electron chi connectivity index (χ0n) is 9.35. The van der Waals surface area contributed by atoms with Crippen LogP contribution in [0.4, 0.5) is 0 Å². The maximum absolute atomic E-state index is 6.00. The molecule has 6 heteroatoms. The molecule has 0 unspecified atom stereocenters. The lowest BCUT2D eigenvalue weighted by Crippen LogP contribution is -1.80. The van der Waals surface area contributed by atoms with E-state index >= 15 is 0 Å². The Bertz CT molecular complexity index is 741. The number of hydrogen-bond acceptors (Lipinski definition) is 1. The summed E-state index contributed by atoms with van der Waals surface area (Å²) in [6.07, 6.45) is 0. The van der Waals surface area contributed by atoms with Crippen LogP contribution >= 0.6 is 46.4 Å². The molecule has 0 aliphatic carbocycles. The normalized spacial score (nSPS) is 11.2. The van der Waals surface area contributed by atoms with Crippen LogP contribution in [0.2, 0.25) is 20.1 Å². The number of aromatic amines is 1. The summed E-state index contributed by atoms with van der Waals surface area (Å²) >= 11 is 23.8. The van der Waals surface area contributed by atoms with Gasteiger partial charge in [0.15, 0.2) is 0 Å². The second-order valence-corrected chi connectivity index (χ2v) is 5.63. The van der Waals surface area contributed by atoms with Gasteiger partial charge in [-0.3, -0.25) is 0 Å². The van der Waals surface area contributed by atoms with E-state index in [2.05, 4.69) is 9.97 Å². The molecule has 2 nitrogen and oxygen atoms in total. The maximum Gasteiger partial charge on any atom is 0.138 e. The number of halogens is 4. The molecule has 2 aromatic carbocycles. The maximum atomic E-state index is 6.00. The molecule has 0 spiro atoms. The van der Waals surface area contributed by atoms with Crippen LogP contribution in [-0.4, -0.2) is 9.97 Å². The van der Waals surface area contributed by atoms with Gasteiger partial charge in [-0.2, -0.15) is 0 Å². The molecule has 0 atom stereocenters. The first kappa shape index (κ1) is 13.1. The van der Waals surface area contributed by atoms with E-state index in [1.54, 1.807) is 24.3 Å². The van der Waals surface area contributed by atoms with Gasteiger partial charge >= 0.3 is 0 Å². The van der Waals surface area contributed by atoms with Crippen LogP contribution < -0.4 is 0 Å². The fourth-order valence-electron chi connectivity index (χ4n) is 1.79. The Morgan fingerprint density at radius 3 is 2.21 bits per heavy atom. The summed E-state index contributed by atoms with van der Waals surface area (Å²) in [7, 11) is 0. The average molecular weight is 332 g/mol. The number of aromatic nitrogens is 2. The molecule has 0 amide bonds. The van der Waals surface area contributed by atoms with Crippen LogP contribution in [0.5, 0.6) is 0 Å². The van der Waals surface area contributed by atoms with E-state index in [4.69, 9.17) is 46.4 Å². The third kappa shape index (κ3) is 2.41. The summed E-state index contributed by atoms with van der Waals surface area (Å²) in [5.41, 5.74) is 2.41. The van der Waals surface area contributed by atoms with Crippen LogP contribution in [-0.2, 0) is 0 Å². The van der Waals surface area contributed by atoms with Crippen molar-refractivity contribution in [2.75, 3.05) is 0 Å². The molecule has 0 radical (unpaired) electrons. The van der Waals surface area contributed by atoms with Gasteiger partial charge in [-0.25, -0.2) is 4.98 Å². The second-order valence-electron chi connectivity index (χ2n) is 4.00. The van der Waals surface area contributed by atoms with Crippen molar-refractivity contribution in [2.24, 2.45) is 0 Å². The van der Waals surface area contributed by atoms with Crippen LogP contribution in [0.3, 0.4) is 0 Å². The summed E-state index contributed by atoms with van der Waals surface area (Å²) in [4.78, 5) is 7.63. The van der Waals surface area contributed by atoms with E-state index in [9.17, 15) is 0 Å². The molecule has 0 aliphatic heterocycles. The van der Waals surface area contributed by atoms with Crippen molar-refractivity contribution in [3.05, 3.63) is 50.4 Å². The minimum absolute atomic E-state index is 0.473. The highest BCUT2D eigenvalue weighted by Gasteiger charge is 2.09. The lowest BCUT2D eigenvalue weighted by Gasteiger charge is -1.99. The molecule has 1 N–H and O–H groups in total. The Hall–Kier alpha value is -0.930. The number of nitrogens with one attached hydrogen (secondary N) is 1. The second kappa shape index (κ2) is 4.88. The highest BCUT2D eigenvalue weighted by Crippen LogP contribution is 2.31. The van der Waals surface area contributed by atoms with Gasteiger partial charge in [-0.15, -0.1) is 0 Å². The van der Waals surface area contributed by atoms with Crippen LogP contribution in [0.25, 0.3) is 22.4 Å². The van der Waals surface area contributed by atoms with Gasteiger partial charge in [-0.05, 0) is 30.3 Å². The van der Waals surface area contributed by atoms with Gasteiger partial charge in [0.25, 0.3) is 0 Å². The van der Waals surface area contributed by atoms with Crippen molar-refractivity contribution in [3.63, 3.8) is 0 Å². The first-order valence-corrected chi connectivity index (χ1v) is 6.86. The Morgan fingerprint density at radius 2 is 1.47 bits per heavy atom. The number of nitrogens with zero attached hydrogens (tertiary/aromatic N) is 1. The number of hydrogen-bond donors (Lipinski definition) is 1. The molecule has 0 fully saturated rings. The van der Waals surface area contributed by atoms with Crippen molar-refractivity contribution < 1.29 is 0 Å². The molecule has 19 heavy (non-hydrogen) atoms. The highest BCUT2D eigenvalue weighted by molar-refractivity contribution is 6.43. The third-order valence-corrected chi connectivity index (χ3v) is 4.18. The monoisotopic (exact) mass is 330 g/mol. The zero-order valence-corrected chi connectivity index (χ0v) is 12.4. The average Bonchev–Trinajstić information content (AvgIpc) is 2.76. The van der Waals surface area contributed by atoms with Crippen molar-refractivity contribution in [2.45, 2.75) is 0 Å². The van der Waals surface area contributed by atoms with Crippen LogP contribution in [0, 0.1) is 0 Å². The van der Waals surface area contributed by atoms with Crippen molar-refractivity contribution in [1.29, 1.82) is 0 Å². The van der Waals surface area contributed by atoms with Gasteiger partial charge in [0.05, 0.1) is 31.1 Å². The molecule has 0 bridgehead atoms. The van der Waals surface area contributed by atoms with Crippen molar-refractivity contribution in [3.8, 4) is 11.4 Å². The van der Waals surface area contributed by atoms with Crippen LogP contribution in [0.1, 0.15) is 0 Å². The number of benzene rings is 2. The summed E-state index contributed by atoms with van der Waals surface area (Å²) in [6, 6.07) is 8.79. The van der Waals surface area contributed by atoms with Crippen molar-refractivity contribution in [1.82, 2.24) is 9.97 Å². The molecule has 0 saturated carbocycles. The molecule has 0 saturated heterocycles. The van der Waals surface area contributed by atoms with Gasteiger partial charge in [0, 0.05) is 5.56 Å². The lowest BCUT2D eigenvalue weighted by molar-refractivity contribution is 1.34. The molecular weight excluding hydrogens is 326 g/mol. The van der Waals surface area contributed by atoms with E-state index < -0.39 is 0 Å². The quantitative estimate of drug-likeness (QED) is 0.595. The van der Waals surface area contributed by atoms with E-state index in [1.165, 1.54) is 0 Å². The van der Waals surface area contributed by atoms with Crippen LogP contribution in [0.15, 0.2) is 30.3 Å². The lowest BCUT2D eigenvalue weighted by atomic mass is 10.2. The van der Waals surface area contributed by atoms with Gasteiger partial charge < -0.3 is 4.98 Å². The van der Waals surface area contributed by atoms with E-state index in [-0.39, 0.29) is 0 Å². The highest BCUT2D eigenvalue weighted by atomic mass is 35.5. The number of rotatable bonds is 1. The minimum atomic E-state index is 0.473. The fraction of sp³-hybridized carbons (Fsp3) is 0. The molecule has 0 aliphatic rings. The Labute approximate surface area is 129 Å². The number of imidazole rings is 1. The Balaban J connectivity index is 2.17. The van der Waals surface area contributed by atoms with Crippen molar-refractivity contribution >= 4 is 57.4 Å². The van der Waals surface area contributed by atoms with E-state index in [0.29, 0.717) is 25.9 Å². The fourth-order valence-corrected chi connectivity index (χ4v) is 2.40. The smallest absolute Gasteiger partial charge is 0.138 e. The standard InChI is InChI=1S/C13H6Cl4N2/c14-7-2-1-6(3-8(7)15)13-18-11-4-9(16)10(17)5-12(11)19-13/h1-5H,(H,18,19). The molecule has 3 rings (SSSR count). The third-order valence-electron chi connectivity index (χ3n) is 2.72. The SMILES string of the molecule is Clc1ccc(-c2nc3cc(Cl)c(Cl)cc3[nH]2)cc1Cl. The summed E-state index contributed by atoms with van der Waals surface area (Å²) in [6.45, 7) is 0. The zero-order chi connectivity index (χ0) is 13.6. The predicted octanol–water partition coefficient (Wildman–Crippen LogP) is 5.84. The summed E-state index contributed by atoms with van der Waals surface area (Å²) in [5.74, 6) is 0.687. The molecule has 1 aromatic heterocycles. The molecular formula is C13H6Cl4N2. The van der Waals surface area contributed by atoms with E-state index in [1.807, 2.05) is 6.07 Å². The number of H-pyrrole nitrogens is 1. The largest absolute Gasteiger partial charge is 0.338 e. The Kier molecular flexibility index (Phi) is 3.35. The summed E-state index contributed by atoms with van der Waals surface area (Å²) < 4.78 is 0. The predicted molar refractivity (Wildman–Crippen MR) is 81.6 cm³/mol. The molecule has 1 heterocycles. The van der Waals surface area contributed by atoms with Gasteiger partial charge in [0.1, 0.15) is 5.82 Å².